The molecule has 0 spiro atoms. The monoisotopic (exact) mass is 471 g/mol. The van der Waals surface area contributed by atoms with Gasteiger partial charge in [-0.2, -0.15) is 0 Å². The lowest BCUT2D eigenvalue weighted by Crippen LogP contribution is -2.30. The van der Waals surface area contributed by atoms with E-state index in [0.717, 1.165) is 69.2 Å². The Hall–Kier alpha value is -2.62. The van der Waals surface area contributed by atoms with Crippen molar-refractivity contribution in [3.05, 3.63) is 23.9 Å². The first kappa shape index (κ1) is 26.0. The van der Waals surface area contributed by atoms with Gasteiger partial charge in [-0.3, -0.25) is 4.79 Å². The summed E-state index contributed by atoms with van der Waals surface area (Å²) in [4.78, 5) is 24.9. The predicted molar refractivity (Wildman–Crippen MR) is 135 cm³/mol. The summed E-state index contributed by atoms with van der Waals surface area (Å²) in [7, 11) is 1.66. The highest BCUT2D eigenvalue weighted by atomic mass is 16.5. The zero-order valence-corrected chi connectivity index (χ0v) is 20.3. The van der Waals surface area contributed by atoms with Gasteiger partial charge in [-0.25, -0.2) is 15.0 Å². The van der Waals surface area contributed by atoms with Crippen molar-refractivity contribution >= 4 is 35.0 Å². The summed E-state index contributed by atoms with van der Waals surface area (Å²) in [6.07, 6.45) is 7.99. The molecule has 34 heavy (non-hydrogen) atoms. The number of aromatic nitrogens is 1. The average Bonchev–Trinajstić information content (AvgIpc) is 2.86. The molecule has 0 bridgehead atoms. The molecule has 0 aliphatic carbocycles. The molecule has 0 saturated carbocycles. The summed E-state index contributed by atoms with van der Waals surface area (Å²) >= 11 is 0. The molecule has 0 aromatic carbocycles. The number of carbonyl (C=O) groups is 1. The molecule has 186 valence electrons. The van der Waals surface area contributed by atoms with Gasteiger partial charge in [0.1, 0.15) is 18.1 Å². The second-order valence-electron chi connectivity index (χ2n) is 8.38. The fourth-order valence-corrected chi connectivity index (χ4v) is 3.80. The van der Waals surface area contributed by atoms with Crippen molar-refractivity contribution in [1.29, 1.82) is 0 Å². The molecule has 2 aliphatic rings. The van der Waals surface area contributed by atoms with E-state index in [4.69, 9.17) is 24.2 Å². The number of ether oxygens (including phenoxy) is 3. The Kier molecular flexibility index (Phi) is 11.2. The second kappa shape index (κ2) is 14.6. The standard InChI is InChI=1S/C25H37N5O4/c1-3-13-33-16-12-27-25-22(6-5-21(30-25)20-4-7-24(31)28-17-20)29-23(18-32-2)26-11-8-19-9-14-34-15-10-19/h4-6,17,19H,3,7-16,18H2,1-2H3,(H,26,29)(H,27,30). The molecular weight excluding hydrogens is 434 g/mol. The van der Waals surface area contributed by atoms with Crippen LogP contribution < -0.4 is 10.6 Å². The van der Waals surface area contributed by atoms with Gasteiger partial charge in [0, 0.05) is 58.2 Å². The van der Waals surface area contributed by atoms with Crippen molar-refractivity contribution in [2.45, 2.75) is 39.0 Å². The van der Waals surface area contributed by atoms with Crippen molar-refractivity contribution in [3.8, 4) is 0 Å². The van der Waals surface area contributed by atoms with Gasteiger partial charge in [0.15, 0.2) is 5.82 Å². The molecule has 1 amide bonds. The van der Waals surface area contributed by atoms with E-state index in [-0.39, 0.29) is 12.3 Å². The highest BCUT2D eigenvalue weighted by Crippen LogP contribution is 2.26. The van der Waals surface area contributed by atoms with Gasteiger partial charge < -0.3 is 24.8 Å². The summed E-state index contributed by atoms with van der Waals surface area (Å²) in [5.41, 5.74) is 2.29. The van der Waals surface area contributed by atoms with E-state index in [2.05, 4.69) is 22.5 Å². The summed E-state index contributed by atoms with van der Waals surface area (Å²) in [5.74, 6) is 1.96. The van der Waals surface area contributed by atoms with Crippen LogP contribution in [-0.2, 0) is 19.0 Å². The summed E-state index contributed by atoms with van der Waals surface area (Å²) in [5, 5.41) is 6.80. The van der Waals surface area contributed by atoms with Crippen molar-refractivity contribution in [2.24, 2.45) is 15.9 Å². The van der Waals surface area contributed by atoms with Gasteiger partial charge in [-0.15, -0.1) is 0 Å². The maximum Gasteiger partial charge on any atom is 0.249 e. The van der Waals surface area contributed by atoms with Crippen molar-refractivity contribution in [2.75, 3.05) is 58.6 Å². The molecule has 2 aliphatic heterocycles. The summed E-state index contributed by atoms with van der Waals surface area (Å²) < 4.78 is 16.4. The highest BCUT2D eigenvalue weighted by molar-refractivity contribution is 6.15. The molecule has 0 atom stereocenters. The summed E-state index contributed by atoms with van der Waals surface area (Å²) in [6, 6.07) is 3.83. The van der Waals surface area contributed by atoms with Crippen LogP contribution in [0.2, 0.25) is 0 Å². The van der Waals surface area contributed by atoms with Crippen LogP contribution in [0.4, 0.5) is 11.5 Å². The van der Waals surface area contributed by atoms with Crippen LogP contribution in [0.3, 0.4) is 0 Å². The van der Waals surface area contributed by atoms with Crippen LogP contribution in [0.15, 0.2) is 28.2 Å². The third-order valence-electron chi connectivity index (χ3n) is 5.66. The number of carbonyl (C=O) groups excluding carboxylic acids is 1. The lowest BCUT2D eigenvalue weighted by molar-refractivity contribution is -0.117. The minimum absolute atomic E-state index is 0.146. The van der Waals surface area contributed by atoms with Crippen molar-refractivity contribution < 1.29 is 19.0 Å². The van der Waals surface area contributed by atoms with Crippen LogP contribution in [-0.4, -0.2) is 76.2 Å². The zero-order chi connectivity index (χ0) is 24.0. The number of nitrogens with one attached hydrogen (secondary N) is 2. The maximum atomic E-state index is 11.4. The van der Waals surface area contributed by atoms with Gasteiger partial charge in [0.25, 0.3) is 0 Å². The van der Waals surface area contributed by atoms with Crippen molar-refractivity contribution in [1.82, 2.24) is 10.3 Å². The number of hydrogen-bond donors (Lipinski definition) is 2. The molecule has 1 saturated heterocycles. The number of hydrogen-bond acceptors (Lipinski definition) is 7. The van der Waals surface area contributed by atoms with E-state index >= 15 is 0 Å². The molecule has 1 fully saturated rings. The molecule has 2 N–H and O–H groups in total. The van der Waals surface area contributed by atoms with Crippen molar-refractivity contribution in [3.63, 3.8) is 0 Å². The predicted octanol–water partition coefficient (Wildman–Crippen LogP) is 3.39. The highest BCUT2D eigenvalue weighted by Gasteiger charge is 2.15. The number of amides is 1. The Balaban J connectivity index is 1.72. The number of nitrogens with zero attached hydrogens (tertiary/aromatic N) is 3. The molecule has 0 unspecified atom stereocenters. The van der Waals surface area contributed by atoms with E-state index in [0.29, 0.717) is 37.2 Å². The summed E-state index contributed by atoms with van der Waals surface area (Å²) in [6.45, 7) is 6.94. The minimum Gasteiger partial charge on any atom is -0.381 e. The van der Waals surface area contributed by atoms with E-state index in [9.17, 15) is 4.79 Å². The lowest BCUT2D eigenvalue weighted by Gasteiger charge is -2.22. The molecule has 9 heteroatoms. The van der Waals surface area contributed by atoms with Gasteiger partial charge in [0.05, 0.1) is 12.3 Å². The number of aliphatic imine (C=N–C) groups is 2. The normalized spacial score (nSPS) is 17.1. The molecule has 3 rings (SSSR count). The zero-order valence-electron chi connectivity index (χ0n) is 20.3. The molecule has 1 aromatic rings. The van der Waals surface area contributed by atoms with Crippen LogP contribution in [0.25, 0.3) is 5.57 Å². The minimum atomic E-state index is -0.146. The topological polar surface area (TPSA) is 106 Å². The molecule has 9 nitrogen and oxygen atoms in total. The van der Waals surface area contributed by atoms with E-state index in [1.165, 1.54) is 0 Å². The average molecular weight is 472 g/mol. The number of anilines is 1. The van der Waals surface area contributed by atoms with E-state index in [1.807, 2.05) is 18.2 Å². The molecule has 3 heterocycles. The smallest absolute Gasteiger partial charge is 0.249 e. The Morgan fingerprint density at radius 2 is 2.09 bits per heavy atom. The number of allylic oxidation sites excluding steroid dienone is 1. The first-order valence-corrected chi connectivity index (χ1v) is 12.2. The molecule has 0 radical (unpaired) electrons. The van der Waals surface area contributed by atoms with Gasteiger partial charge in [0.2, 0.25) is 5.91 Å². The van der Waals surface area contributed by atoms with Gasteiger partial charge in [-0.05, 0) is 43.7 Å². The maximum absolute atomic E-state index is 11.4. The van der Waals surface area contributed by atoms with E-state index in [1.54, 1.807) is 13.3 Å². The Labute approximate surface area is 202 Å². The van der Waals surface area contributed by atoms with Crippen LogP contribution in [0.1, 0.15) is 44.7 Å². The fourth-order valence-electron chi connectivity index (χ4n) is 3.80. The number of amidine groups is 1. The van der Waals surface area contributed by atoms with Crippen LogP contribution in [0.5, 0.6) is 0 Å². The number of dihydropyridines is 1. The van der Waals surface area contributed by atoms with Gasteiger partial charge >= 0.3 is 0 Å². The number of pyridine rings is 1. The third-order valence-corrected chi connectivity index (χ3v) is 5.66. The third kappa shape index (κ3) is 8.62. The first-order valence-electron chi connectivity index (χ1n) is 12.2. The molecule has 1 aromatic heterocycles. The SMILES string of the molecule is CCCOCCNc1nc(C2=CCC(=O)N=C2)ccc1/N=C(\COC)NCCC1CCOCC1. The number of methoxy groups -OCH3 is 1. The largest absolute Gasteiger partial charge is 0.381 e. The van der Waals surface area contributed by atoms with Crippen LogP contribution in [0, 0.1) is 5.92 Å². The second-order valence-corrected chi connectivity index (χ2v) is 8.38. The Morgan fingerprint density at radius 3 is 2.82 bits per heavy atom. The Bertz CT molecular complexity index is 878. The lowest BCUT2D eigenvalue weighted by atomic mass is 9.97. The molecular formula is C25H37N5O4. The van der Waals surface area contributed by atoms with Gasteiger partial charge in [-0.1, -0.05) is 13.0 Å². The Morgan fingerprint density at radius 1 is 1.24 bits per heavy atom. The number of rotatable bonds is 13. The van der Waals surface area contributed by atoms with E-state index < -0.39 is 0 Å². The first-order chi connectivity index (χ1) is 16.7. The quantitative estimate of drug-likeness (QED) is 0.258. The van der Waals surface area contributed by atoms with Crippen LogP contribution >= 0.6 is 0 Å². The fraction of sp³-hybridized carbons (Fsp3) is 0.600.